The van der Waals surface area contributed by atoms with E-state index in [2.05, 4.69) is 0 Å². The Morgan fingerprint density at radius 1 is 1.07 bits per heavy atom. The van der Waals surface area contributed by atoms with Crippen LogP contribution in [0.2, 0.25) is 0 Å². The van der Waals surface area contributed by atoms with E-state index in [1.54, 1.807) is 0 Å². The van der Waals surface area contributed by atoms with Gasteiger partial charge >= 0.3 is 7.60 Å². The molecule has 0 amide bonds. The van der Waals surface area contributed by atoms with Gasteiger partial charge in [0.2, 0.25) is 0 Å². The maximum atomic E-state index is 9.97. The Labute approximate surface area is 80.8 Å². The van der Waals surface area contributed by atoms with Crippen LogP contribution in [0.5, 0.6) is 0 Å². The number of nitrogens with two attached hydrogens (primary N) is 1. The Kier molecular flexibility index (Phi) is 9.68. The predicted octanol–water partition coefficient (Wildman–Crippen LogP) is -3.23. The summed E-state index contributed by atoms with van der Waals surface area (Å²) in [7, 11) is -4.23. The van der Waals surface area contributed by atoms with Crippen LogP contribution in [0, 0.1) is 0 Å². The van der Waals surface area contributed by atoms with Crippen molar-refractivity contribution < 1.29 is 34.8 Å². The summed E-state index contributed by atoms with van der Waals surface area (Å²) in [6, 6.07) is 0. The highest BCUT2D eigenvalue weighted by Gasteiger charge is 2.22. The van der Waals surface area contributed by atoms with Crippen LogP contribution in [0.1, 0.15) is 0 Å². The summed E-state index contributed by atoms with van der Waals surface area (Å²) in [4.78, 5) is 16.2. The maximum absolute atomic E-state index is 9.97. The van der Waals surface area contributed by atoms with Crippen molar-refractivity contribution in [2.24, 2.45) is 5.73 Å². The van der Waals surface area contributed by atoms with Crippen molar-refractivity contribution in [3.8, 4) is 0 Å². The van der Waals surface area contributed by atoms with Gasteiger partial charge in [-0.05, 0) is 0 Å². The lowest BCUT2D eigenvalue weighted by Gasteiger charge is -2.08. The second kappa shape index (κ2) is 8.27. The van der Waals surface area contributed by atoms with E-state index in [9.17, 15) is 4.57 Å². The first-order valence-electron chi connectivity index (χ1n) is 3.61. The van der Waals surface area contributed by atoms with E-state index in [0.717, 1.165) is 0 Å². The molecule has 0 aromatic carbocycles. The molecule has 9 heteroatoms. The molecule has 0 rings (SSSR count). The molecule has 0 aliphatic rings. The highest BCUT2D eigenvalue weighted by Crippen LogP contribution is 2.37. The van der Waals surface area contributed by atoms with Gasteiger partial charge in [-0.2, -0.15) is 0 Å². The quantitative estimate of drug-likeness (QED) is 0.249. The van der Waals surface area contributed by atoms with Crippen molar-refractivity contribution in [1.29, 1.82) is 0 Å². The second-order valence-electron chi connectivity index (χ2n) is 2.36. The molecule has 0 bridgehead atoms. The fourth-order valence-electron chi connectivity index (χ4n) is 0.164. The van der Waals surface area contributed by atoms with Gasteiger partial charge < -0.3 is 35.9 Å². The van der Waals surface area contributed by atoms with E-state index >= 15 is 0 Å². The smallest absolute Gasteiger partial charge is 0.344 e. The largest absolute Gasteiger partial charge is 0.394 e. The first-order valence-corrected chi connectivity index (χ1v) is 5.29. The zero-order chi connectivity index (χ0) is 11.8. The summed E-state index contributed by atoms with van der Waals surface area (Å²) in [5, 5.41) is 32.1. The molecule has 0 spiro atoms. The first-order chi connectivity index (χ1) is 6.29. The molecular formula is C5H16NO7P. The maximum Gasteiger partial charge on any atom is 0.344 e. The third kappa shape index (κ3) is 10.0. The Balaban J connectivity index is 0. The number of aliphatic hydroxyl groups is 4. The zero-order valence-electron chi connectivity index (χ0n) is 7.39. The monoisotopic (exact) mass is 233 g/mol. The minimum absolute atomic E-state index is 0.365. The van der Waals surface area contributed by atoms with Gasteiger partial charge in [0.25, 0.3) is 0 Å². The zero-order valence-corrected chi connectivity index (χ0v) is 8.29. The van der Waals surface area contributed by atoms with Crippen LogP contribution in [-0.4, -0.2) is 61.9 Å². The van der Waals surface area contributed by atoms with Gasteiger partial charge in [0.15, 0.2) is 0 Å². The molecule has 1 unspecified atom stereocenters. The van der Waals surface area contributed by atoms with E-state index in [1.807, 2.05) is 0 Å². The van der Waals surface area contributed by atoms with Crippen LogP contribution in [0.4, 0.5) is 0 Å². The Morgan fingerprint density at radius 2 is 1.43 bits per heavy atom. The molecule has 0 saturated heterocycles. The summed E-state index contributed by atoms with van der Waals surface area (Å²) in [5.74, 6) is -1.43. The number of hydrogen-bond donors (Lipinski definition) is 7. The van der Waals surface area contributed by atoms with Gasteiger partial charge in [-0.25, -0.2) is 0 Å². The fourth-order valence-corrected chi connectivity index (χ4v) is 0.377. The lowest BCUT2D eigenvalue weighted by molar-refractivity contribution is 0.0450. The van der Waals surface area contributed by atoms with Crippen LogP contribution >= 0.6 is 7.60 Å². The van der Waals surface area contributed by atoms with E-state index in [0.29, 0.717) is 0 Å². The third-order valence-electron chi connectivity index (χ3n) is 1.04. The fraction of sp³-hybridized carbons (Fsp3) is 1.00. The lowest BCUT2D eigenvalue weighted by Crippen LogP contribution is -2.23. The van der Waals surface area contributed by atoms with Gasteiger partial charge in [-0.3, -0.25) is 4.57 Å². The van der Waals surface area contributed by atoms with Gasteiger partial charge in [-0.15, -0.1) is 0 Å². The summed E-state index contributed by atoms with van der Waals surface area (Å²) in [6.07, 6.45) is -0.954. The number of hydrogen-bond acceptors (Lipinski definition) is 6. The van der Waals surface area contributed by atoms with Crippen LogP contribution in [-0.2, 0) is 4.57 Å². The molecule has 0 heterocycles. The molecule has 14 heavy (non-hydrogen) atoms. The Morgan fingerprint density at radius 3 is 1.43 bits per heavy atom. The average molecular weight is 233 g/mol. The summed E-state index contributed by atoms with van der Waals surface area (Å²) in [5.41, 5.74) is 4.74. The average Bonchev–Trinajstić information content (AvgIpc) is 2.14. The van der Waals surface area contributed by atoms with E-state index in [-0.39, 0.29) is 13.2 Å². The molecule has 0 fully saturated rings. The van der Waals surface area contributed by atoms with Crippen LogP contribution in [0.25, 0.3) is 0 Å². The van der Waals surface area contributed by atoms with Gasteiger partial charge in [0, 0.05) is 0 Å². The van der Waals surface area contributed by atoms with Crippen molar-refractivity contribution in [3.05, 3.63) is 0 Å². The molecule has 8 nitrogen and oxygen atoms in total. The van der Waals surface area contributed by atoms with Crippen molar-refractivity contribution in [1.82, 2.24) is 0 Å². The molecule has 0 saturated carbocycles. The summed E-state index contributed by atoms with van der Waals surface area (Å²) in [6.45, 7) is -1.42. The number of rotatable bonds is 4. The molecule has 0 aromatic rings. The highest BCUT2D eigenvalue weighted by atomic mass is 31.2. The second-order valence-corrected chi connectivity index (χ2v) is 4.20. The summed E-state index contributed by atoms with van der Waals surface area (Å²) >= 11 is 0. The first kappa shape index (κ1) is 16.4. The number of aliphatic hydroxyl groups excluding tert-OH is 4. The molecule has 0 radical (unpaired) electrons. The molecule has 8 N–H and O–H groups in total. The third-order valence-corrected chi connectivity index (χ3v) is 2.07. The standard InChI is InChI=1S/C3H8O3.C2H8NO4P/c4-1-3(6)2-5;3-2(1-4)8(5,6)7/h3-6H,1-2H2;2,4H,1,3H2,(H2,5,6,7). The summed E-state index contributed by atoms with van der Waals surface area (Å²) < 4.78 is 9.97. The Hall–Kier alpha value is -0.0500. The van der Waals surface area contributed by atoms with E-state index in [1.165, 1.54) is 0 Å². The van der Waals surface area contributed by atoms with Crippen molar-refractivity contribution in [2.75, 3.05) is 19.8 Å². The van der Waals surface area contributed by atoms with Crippen LogP contribution in [0.15, 0.2) is 0 Å². The van der Waals surface area contributed by atoms with E-state index in [4.69, 9.17) is 35.9 Å². The highest BCUT2D eigenvalue weighted by molar-refractivity contribution is 7.52. The molecule has 1 atom stereocenters. The predicted molar refractivity (Wildman–Crippen MR) is 47.3 cm³/mol. The normalized spacial score (nSPS) is 13.4. The minimum Gasteiger partial charge on any atom is -0.394 e. The van der Waals surface area contributed by atoms with Crippen molar-refractivity contribution in [3.63, 3.8) is 0 Å². The van der Waals surface area contributed by atoms with Gasteiger partial charge in [0.1, 0.15) is 11.9 Å². The molecule has 88 valence electrons. The molecule has 0 aliphatic carbocycles. The SMILES string of the molecule is NC(CO)P(=O)(O)O.OCC(O)CO. The minimum atomic E-state index is -4.23. The molecular weight excluding hydrogens is 217 g/mol. The van der Waals surface area contributed by atoms with Gasteiger partial charge in [0.05, 0.1) is 19.8 Å². The Bertz CT molecular complexity index is 167. The van der Waals surface area contributed by atoms with Gasteiger partial charge in [-0.1, -0.05) is 0 Å². The van der Waals surface area contributed by atoms with Crippen molar-refractivity contribution in [2.45, 2.75) is 11.9 Å². The van der Waals surface area contributed by atoms with Crippen LogP contribution in [0.3, 0.4) is 0 Å². The van der Waals surface area contributed by atoms with Crippen molar-refractivity contribution >= 4 is 7.60 Å². The lowest BCUT2D eigenvalue weighted by atomic mass is 10.4. The van der Waals surface area contributed by atoms with E-state index < -0.39 is 26.1 Å². The topological polar surface area (TPSA) is 164 Å². The molecule has 0 aliphatic heterocycles. The molecule has 0 aromatic heterocycles. The van der Waals surface area contributed by atoms with Crippen LogP contribution < -0.4 is 5.73 Å².